The van der Waals surface area contributed by atoms with Crippen LogP contribution in [0.2, 0.25) is 0 Å². The van der Waals surface area contributed by atoms with Crippen LogP contribution in [0.15, 0.2) is 24.3 Å². The maximum atomic E-state index is 15.1. The summed E-state index contributed by atoms with van der Waals surface area (Å²) in [6.07, 6.45) is 2.79. The van der Waals surface area contributed by atoms with Gasteiger partial charge in [0.05, 0.1) is 24.8 Å². The van der Waals surface area contributed by atoms with Crippen molar-refractivity contribution in [3.05, 3.63) is 35.7 Å². The number of anilines is 1. The molecule has 0 saturated carbocycles. The predicted molar refractivity (Wildman–Crippen MR) is 120 cm³/mol. The molecule has 9 heteroatoms. The lowest BCUT2D eigenvalue weighted by Crippen LogP contribution is -2.45. The van der Waals surface area contributed by atoms with E-state index < -0.39 is 23.6 Å². The first-order chi connectivity index (χ1) is 15.5. The molecule has 1 N–H and O–H groups in total. The lowest BCUT2D eigenvalue weighted by Gasteiger charge is -2.35. The van der Waals surface area contributed by atoms with E-state index in [1.807, 2.05) is 26.8 Å². The Morgan fingerprint density at radius 3 is 2.67 bits per heavy atom. The average Bonchev–Trinajstić information content (AvgIpc) is 3.21. The number of halogens is 1. The van der Waals surface area contributed by atoms with Crippen molar-refractivity contribution < 1.29 is 28.2 Å². The van der Waals surface area contributed by atoms with Gasteiger partial charge in [0.1, 0.15) is 17.5 Å². The molecule has 3 aliphatic rings. The molecule has 8 nitrogen and oxygen atoms in total. The van der Waals surface area contributed by atoms with Crippen molar-refractivity contribution in [2.24, 2.45) is 0 Å². The zero-order valence-corrected chi connectivity index (χ0v) is 19.4. The van der Waals surface area contributed by atoms with E-state index in [4.69, 9.17) is 9.47 Å². The van der Waals surface area contributed by atoms with Crippen LogP contribution < -0.4 is 10.2 Å². The van der Waals surface area contributed by atoms with E-state index >= 15 is 4.39 Å². The quantitative estimate of drug-likeness (QED) is 0.739. The minimum atomic E-state index is -0.569. The van der Waals surface area contributed by atoms with Crippen LogP contribution in [-0.4, -0.2) is 59.9 Å². The molecule has 2 saturated heterocycles. The molecule has 3 heterocycles. The largest absolute Gasteiger partial charge is 0.444 e. The molecule has 0 unspecified atom stereocenters. The fraction of sp³-hybridized carbons (Fsp3) is 0.542. The van der Waals surface area contributed by atoms with Crippen molar-refractivity contribution in [3.63, 3.8) is 0 Å². The number of hydrogen-bond acceptors (Lipinski definition) is 5. The number of nitrogens with one attached hydrogen (secondary N) is 1. The molecule has 1 aromatic carbocycles. The number of carbonyl (C=O) groups is 3. The minimum absolute atomic E-state index is 0.0213. The summed E-state index contributed by atoms with van der Waals surface area (Å²) in [6.45, 7) is 7.35. The van der Waals surface area contributed by atoms with Crippen LogP contribution >= 0.6 is 0 Å². The fourth-order valence-electron chi connectivity index (χ4n) is 4.66. The molecule has 3 aliphatic heterocycles. The normalized spacial score (nSPS) is 24.5. The number of amides is 3. The summed E-state index contributed by atoms with van der Waals surface area (Å²) < 4.78 is 26.0. The second-order valence-corrected chi connectivity index (χ2v) is 9.80. The Morgan fingerprint density at radius 2 is 2.03 bits per heavy atom. The monoisotopic (exact) mass is 459 g/mol. The van der Waals surface area contributed by atoms with Crippen molar-refractivity contribution in [1.29, 1.82) is 0 Å². The van der Waals surface area contributed by atoms with E-state index in [0.717, 1.165) is 18.4 Å². The predicted octanol–water partition coefficient (Wildman–Crippen LogP) is 3.84. The second-order valence-electron chi connectivity index (χ2n) is 9.80. The third kappa shape index (κ3) is 4.96. The summed E-state index contributed by atoms with van der Waals surface area (Å²) in [6, 6.07) is 4.57. The molecule has 2 fully saturated rings. The number of ether oxygens (including phenoxy) is 2. The zero-order chi connectivity index (χ0) is 23.9. The highest BCUT2D eigenvalue weighted by Gasteiger charge is 2.42. The summed E-state index contributed by atoms with van der Waals surface area (Å²) in [5.41, 5.74) is 1.17. The molecule has 0 radical (unpaired) electrons. The molecule has 3 atom stereocenters. The first kappa shape index (κ1) is 23.1. The van der Waals surface area contributed by atoms with Gasteiger partial charge in [-0.25, -0.2) is 14.0 Å². The van der Waals surface area contributed by atoms with Crippen LogP contribution in [0.5, 0.6) is 0 Å². The van der Waals surface area contributed by atoms with Crippen molar-refractivity contribution in [1.82, 2.24) is 10.2 Å². The summed E-state index contributed by atoms with van der Waals surface area (Å²) in [7, 11) is 0. The van der Waals surface area contributed by atoms with Crippen LogP contribution in [0.3, 0.4) is 0 Å². The van der Waals surface area contributed by atoms with Crippen molar-refractivity contribution in [3.8, 4) is 0 Å². The van der Waals surface area contributed by atoms with Crippen molar-refractivity contribution in [2.75, 3.05) is 18.0 Å². The topological polar surface area (TPSA) is 88.2 Å². The molecule has 3 amide bonds. The van der Waals surface area contributed by atoms with E-state index in [1.54, 1.807) is 17.0 Å². The first-order valence-electron chi connectivity index (χ1n) is 11.3. The van der Waals surface area contributed by atoms with Crippen LogP contribution in [0.4, 0.5) is 19.7 Å². The fourth-order valence-corrected chi connectivity index (χ4v) is 4.66. The molecular weight excluding hydrogens is 429 g/mol. The molecule has 0 aromatic heterocycles. The van der Waals surface area contributed by atoms with Gasteiger partial charge in [0.15, 0.2) is 0 Å². The third-order valence-electron chi connectivity index (χ3n) is 6.06. The maximum Gasteiger partial charge on any atom is 0.414 e. The van der Waals surface area contributed by atoms with Crippen molar-refractivity contribution in [2.45, 2.75) is 70.7 Å². The highest BCUT2D eigenvalue weighted by Crippen LogP contribution is 2.40. The van der Waals surface area contributed by atoms with Gasteiger partial charge >= 0.3 is 12.2 Å². The van der Waals surface area contributed by atoms with Gasteiger partial charge in [0, 0.05) is 18.5 Å². The van der Waals surface area contributed by atoms with Gasteiger partial charge in [0.25, 0.3) is 0 Å². The van der Waals surface area contributed by atoms with Crippen LogP contribution in [-0.2, 0) is 14.3 Å². The summed E-state index contributed by atoms with van der Waals surface area (Å²) in [4.78, 5) is 39.1. The lowest BCUT2D eigenvalue weighted by atomic mass is 9.94. The molecule has 178 valence electrons. The van der Waals surface area contributed by atoms with Crippen LogP contribution in [0.25, 0.3) is 5.57 Å². The molecule has 0 aliphatic carbocycles. The molecule has 1 aromatic rings. The van der Waals surface area contributed by atoms with Crippen molar-refractivity contribution >= 4 is 29.4 Å². The van der Waals surface area contributed by atoms with Crippen LogP contribution in [0, 0.1) is 5.82 Å². The van der Waals surface area contributed by atoms with E-state index in [2.05, 4.69) is 5.32 Å². The zero-order valence-electron chi connectivity index (χ0n) is 19.4. The molecular formula is C24H30FN3O5. The molecule has 33 heavy (non-hydrogen) atoms. The van der Waals surface area contributed by atoms with Gasteiger partial charge in [-0.1, -0.05) is 6.08 Å². The summed E-state index contributed by atoms with van der Waals surface area (Å²) in [5.74, 6) is -0.637. The third-order valence-corrected chi connectivity index (χ3v) is 6.06. The smallest absolute Gasteiger partial charge is 0.414 e. The highest BCUT2D eigenvalue weighted by atomic mass is 19.1. The Balaban J connectivity index is 1.48. The number of hydrogen-bond donors (Lipinski definition) is 1. The summed E-state index contributed by atoms with van der Waals surface area (Å²) in [5, 5.41) is 2.62. The highest BCUT2D eigenvalue weighted by molar-refractivity contribution is 5.90. The van der Waals surface area contributed by atoms with Gasteiger partial charge in [-0.15, -0.1) is 0 Å². The number of benzene rings is 1. The number of nitrogens with zero attached hydrogens (tertiary/aromatic N) is 2. The molecule has 2 bridgehead atoms. The Hall–Kier alpha value is -3.10. The number of rotatable bonds is 4. The minimum Gasteiger partial charge on any atom is -0.444 e. The second kappa shape index (κ2) is 8.68. The van der Waals surface area contributed by atoms with E-state index in [1.165, 1.54) is 17.9 Å². The van der Waals surface area contributed by atoms with E-state index in [9.17, 15) is 14.4 Å². The standard InChI is InChI=1S/C24H30FN3O5/c1-14(29)26-12-19-13-27(22(30)32-19)16-7-8-20(21(25)11-16)15-9-17-5-6-18(10-15)28(17)23(31)33-24(2,3)4/h7-9,11,17-19H,5-6,10,12-13H2,1-4H3,(H,26,29)/t17-,18+,19+/m1/s1. The number of carbonyl (C=O) groups excluding carboxylic acids is 3. The van der Waals surface area contributed by atoms with Gasteiger partial charge in [-0.05, 0) is 63.8 Å². The Labute approximate surface area is 192 Å². The lowest BCUT2D eigenvalue weighted by molar-refractivity contribution is -0.119. The van der Waals surface area contributed by atoms with E-state index in [-0.39, 0.29) is 37.2 Å². The van der Waals surface area contributed by atoms with Gasteiger partial charge in [0.2, 0.25) is 5.91 Å². The Morgan fingerprint density at radius 1 is 1.27 bits per heavy atom. The summed E-state index contributed by atoms with van der Waals surface area (Å²) >= 11 is 0. The SMILES string of the molecule is CC(=O)NC[C@H]1CN(c2ccc(C3=C[C@H]4CC[C@@H](C3)N4C(=O)OC(C)(C)C)c(F)c2)C(=O)O1. The van der Waals surface area contributed by atoms with Crippen LogP contribution in [0.1, 0.15) is 52.5 Å². The van der Waals surface area contributed by atoms with E-state index in [0.29, 0.717) is 17.7 Å². The average molecular weight is 460 g/mol. The number of fused-ring (bicyclic) bond motifs is 2. The van der Waals surface area contributed by atoms with Gasteiger partial charge in [-0.3, -0.25) is 14.6 Å². The molecule has 4 rings (SSSR count). The van der Waals surface area contributed by atoms with Gasteiger partial charge in [-0.2, -0.15) is 0 Å². The Kier molecular flexibility index (Phi) is 6.07. The first-order valence-corrected chi connectivity index (χ1v) is 11.3. The number of cyclic esters (lactones) is 1. The molecule has 0 spiro atoms. The maximum absolute atomic E-state index is 15.1. The van der Waals surface area contributed by atoms with Gasteiger partial charge < -0.3 is 14.8 Å². The Bertz CT molecular complexity index is 1000.